The summed E-state index contributed by atoms with van der Waals surface area (Å²) in [5.74, 6) is -0.123. The van der Waals surface area contributed by atoms with Crippen molar-refractivity contribution in [1.82, 2.24) is 20.1 Å². The normalized spacial score (nSPS) is 21.5. The number of aryl methyl sites for hydroxylation is 1. The van der Waals surface area contributed by atoms with Gasteiger partial charge in [-0.3, -0.25) is 19.5 Å². The summed E-state index contributed by atoms with van der Waals surface area (Å²) < 4.78 is 13.7. The molecule has 2 aromatic carbocycles. The zero-order valence-electron chi connectivity index (χ0n) is 24.7. The van der Waals surface area contributed by atoms with Crippen molar-refractivity contribution in [3.8, 4) is 5.75 Å². The quantitative estimate of drug-likeness (QED) is 0.469. The standard InChI is InChI=1S/C33H38FN5O3/c1-20-9-25(34)6-5-23(20)10-22-11-29-31(36-13-22)33(3,4)19-39(29)30(41)18-37-15-21(2)35-14-26(37)17-38-16-24-12-27(40)7-8-28(24)32(38)42/h5-9,11-13,21,26,35,40H,10,14-19H2,1-4H3/t21-,26-/m1/s1. The van der Waals surface area contributed by atoms with Crippen molar-refractivity contribution < 1.29 is 19.1 Å². The number of nitrogens with one attached hydrogen (secondary N) is 1. The van der Waals surface area contributed by atoms with Crippen molar-refractivity contribution in [2.45, 2.75) is 58.2 Å². The molecule has 3 aliphatic heterocycles. The number of aromatic hydroxyl groups is 1. The van der Waals surface area contributed by atoms with Crippen molar-refractivity contribution in [1.29, 1.82) is 0 Å². The molecule has 6 rings (SSSR count). The first-order valence-corrected chi connectivity index (χ1v) is 14.6. The van der Waals surface area contributed by atoms with Gasteiger partial charge < -0.3 is 20.2 Å². The maximum Gasteiger partial charge on any atom is 0.254 e. The molecule has 4 heterocycles. The number of amides is 2. The van der Waals surface area contributed by atoms with Crippen LogP contribution in [0.3, 0.4) is 0 Å². The predicted molar refractivity (Wildman–Crippen MR) is 159 cm³/mol. The Balaban J connectivity index is 1.20. The Hall–Kier alpha value is -3.82. The number of phenols is 1. The molecule has 1 fully saturated rings. The molecular formula is C33H38FN5O3. The molecule has 2 N–H and O–H groups in total. The Morgan fingerprint density at radius 2 is 2.00 bits per heavy atom. The molecule has 3 aromatic rings. The van der Waals surface area contributed by atoms with Gasteiger partial charge >= 0.3 is 0 Å². The van der Waals surface area contributed by atoms with E-state index in [4.69, 9.17) is 4.98 Å². The number of carbonyl (C=O) groups excluding carboxylic acids is 2. The van der Waals surface area contributed by atoms with E-state index in [2.05, 4.69) is 37.1 Å². The predicted octanol–water partition coefficient (Wildman–Crippen LogP) is 3.77. The third-order valence-electron chi connectivity index (χ3n) is 8.87. The van der Waals surface area contributed by atoms with Gasteiger partial charge in [0.15, 0.2) is 0 Å². The number of benzene rings is 2. The van der Waals surface area contributed by atoms with Gasteiger partial charge in [-0.1, -0.05) is 19.9 Å². The molecule has 2 atom stereocenters. The summed E-state index contributed by atoms with van der Waals surface area (Å²) in [4.78, 5) is 37.8. The second-order valence-corrected chi connectivity index (χ2v) is 12.7. The highest BCUT2D eigenvalue weighted by Gasteiger charge is 2.41. The van der Waals surface area contributed by atoms with Gasteiger partial charge in [-0.25, -0.2) is 4.39 Å². The lowest BCUT2D eigenvalue weighted by molar-refractivity contribution is -0.120. The van der Waals surface area contributed by atoms with Crippen LogP contribution in [-0.2, 0) is 23.2 Å². The Labute approximate surface area is 246 Å². The van der Waals surface area contributed by atoms with Crippen LogP contribution in [0.4, 0.5) is 10.1 Å². The second-order valence-electron chi connectivity index (χ2n) is 12.7. The molecule has 0 bridgehead atoms. The molecule has 0 spiro atoms. The molecule has 220 valence electrons. The van der Waals surface area contributed by atoms with Crippen LogP contribution in [0.1, 0.15) is 59.1 Å². The summed E-state index contributed by atoms with van der Waals surface area (Å²) >= 11 is 0. The minimum absolute atomic E-state index is 0.0128. The Morgan fingerprint density at radius 3 is 2.79 bits per heavy atom. The fourth-order valence-corrected chi connectivity index (χ4v) is 6.61. The van der Waals surface area contributed by atoms with Gasteiger partial charge in [0.1, 0.15) is 11.6 Å². The summed E-state index contributed by atoms with van der Waals surface area (Å²) in [6.45, 7) is 11.3. The van der Waals surface area contributed by atoms with Crippen molar-refractivity contribution in [3.05, 3.63) is 88.0 Å². The average molecular weight is 572 g/mol. The summed E-state index contributed by atoms with van der Waals surface area (Å²) in [5, 5.41) is 13.4. The molecule has 9 heteroatoms. The van der Waals surface area contributed by atoms with Gasteiger partial charge in [-0.15, -0.1) is 0 Å². The van der Waals surface area contributed by atoms with Gasteiger partial charge in [0, 0.05) is 62.0 Å². The fraction of sp³-hybridized carbons (Fsp3) is 0.424. The van der Waals surface area contributed by atoms with Gasteiger partial charge in [0.05, 0.1) is 17.9 Å². The van der Waals surface area contributed by atoms with Crippen molar-refractivity contribution in [2.75, 3.05) is 37.6 Å². The lowest BCUT2D eigenvalue weighted by Gasteiger charge is -2.41. The van der Waals surface area contributed by atoms with Crippen LogP contribution in [0, 0.1) is 12.7 Å². The molecule has 0 unspecified atom stereocenters. The van der Waals surface area contributed by atoms with Gasteiger partial charge in [-0.2, -0.15) is 0 Å². The maximum absolute atomic E-state index is 14.0. The molecule has 8 nitrogen and oxygen atoms in total. The number of nitrogens with zero attached hydrogens (tertiary/aromatic N) is 4. The minimum atomic E-state index is -0.287. The second kappa shape index (κ2) is 10.8. The van der Waals surface area contributed by atoms with Crippen LogP contribution in [0.2, 0.25) is 0 Å². The van der Waals surface area contributed by atoms with Gasteiger partial charge in [-0.05, 0) is 78.9 Å². The molecular weight excluding hydrogens is 533 g/mol. The van der Waals surface area contributed by atoms with E-state index < -0.39 is 0 Å². The minimum Gasteiger partial charge on any atom is -0.508 e. The van der Waals surface area contributed by atoms with Crippen molar-refractivity contribution in [2.24, 2.45) is 0 Å². The SMILES string of the molecule is Cc1cc(F)ccc1Cc1cnc2c(c1)N(C(=O)CN1C[C@@H](C)NC[C@@H]1CN1Cc3cc(O)ccc3C1=O)CC2(C)C. The summed E-state index contributed by atoms with van der Waals surface area (Å²) in [7, 11) is 0. The van der Waals surface area contributed by atoms with Crippen LogP contribution in [0.5, 0.6) is 5.75 Å². The lowest BCUT2D eigenvalue weighted by Crippen LogP contribution is -2.60. The monoisotopic (exact) mass is 571 g/mol. The average Bonchev–Trinajstić information content (AvgIpc) is 3.38. The van der Waals surface area contributed by atoms with Crippen LogP contribution >= 0.6 is 0 Å². The topological polar surface area (TPSA) is 89.0 Å². The number of carbonyl (C=O) groups is 2. The molecule has 0 saturated carbocycles. The van der Waals surface area contributed by atoms with E-state index in [9.17, 15) is 19.1 Å². The Bertz CT molecular complexity index is 1560. The van der Waals surface area contributed by atoms with Crippen LogP contribution < -0.4 is 10.2 Å². The number of halogens is 1. The zero-order valence-corrected chi connectivity index (χ0v) is 24.7. The van der Waals surface area contributed by atoms with Crippen LogP contribution in [-0.4, -0.2) is 76.5 Å². The van der Waals surface area contributed by atoms with Crippen LogP contribution in [0.25, 0.3) is 0 Å². The highest BCUT2D eigenvalue weighted by atomic mass is 19.1. The molecule has 0 radical (unpaired) electrons. The third kappa shape index (κ3) is 5.39. The first kappa shape index (κ1) is 28.3. The molecule has 1 aromatic heterocycles. The van der Waals surface area contributed by atoms with E-state index in [-0.39, 0.29) is 47.4 Å². The highest BCUT2D eigenvalue weighted by molar-refractivity contribution is 5.99. The number of hydrogen-bond acceptors (Lipinski definition) is 6. The van der Waals surface area contributed by atoms with E-state index in [0.717, 1.165) is 33.6 Å². The van der Waals surface area contributed by atoms with E-state index in [1.54, 1.807) is 18.2 Å². The molecule has 3 aliphatic rings. The van der Waals surface area contributed by atoms with Crippen LogP contribution in [0.15, 0.2) is 48.7 Å². The zero-order chi connectivity index (χ0) is 29.8. The number of rotatable bonds is 6. The van der Waals surface area contributed by atoms with E-state index in [1.165, 1.54) is 12.1 Å². The van der Waals surface area contributed by atoms with Crippen molar-refractivity contribution in [3.63, 3.8) is 0 Å². The maximum atomic E-state index is 14.0. The van der Waals surface area contributed by atoms with E-state index in [0.29, 0.717) is 44.7 Å². The number of pyridine rings is 1. The third-order valence-corrected chi connectivity index (χ3v) is 8.87. The number of hydrogen-bond donors (Lipinski definition) is 2. The van der Waals surface area contributed by atoms with Gasteiger partial charge in [0.25, 0.3) is 5.91 Å². The van der Waals surface area contributed by atoms with Crippen molar-refractivity contribution >= 4 is 17.5 Å². The number of aromatic nitrogens is 1. The first-order valence-electron chi connectivity index (χ1n) is 14.6. The molecule has 42 heavy (non-hydrogen) atoms. The Kier molecular flexibility index (Phi) is 7.27. The molecule has 0 aliphatic carbocycles. The number of fused-ring (bicyclic) bond motifs is 2. The number of phenolic OH excluding ortho intramolecular Hbond substituents is 1. The van der Waals surface area contributed by atoms with Gasteiger partial charge in [0.2, 0.25) is 5.91 Å². The summed E-state index contributed by atoms with van der Waals surface area (Å²) in [5.41, 5.74) is 5.81. The molecule has 1 saturated heterocycles. The summed E-state index contributed by atoms with van der Waals surface area (Å²) in [6.07, 6.45) is 2.48. The van der Waals surface area contributed by atoms with E-state index in [1.807, 2.05) is 29.0 Å². The smallest absolute Gasteiger partial charge is 0.254 e. The fourth-order valence-electron chi connectivity index (χ4n) is 6.61. The number of piperazine rings is 1. The first-order chi connectivity index (χ1) is 20.0. The lowest BCUT2D eigenvalue weighted by atomic mass is 9.91. The molecule has 2 amide bonds. The highest BCUT2D eigenvalue weighted by Crippen LogP contribution is 2.40. The summed E-state index contributed by atoms with van der Waals surface area (Å²) in [6, 6.07) is 12.0. The largest absolute Gasteiger partial charge is 0.508 e. The Morgan fingerprint density at radius 1 is 1.19 bits per heavy atom. The van der Waals surface area contributed by atoms with E-state index >= 15 is 0 Å². The number of anilines is 1.